The first kappa shape index (κ1) is 32.3. The Morgan fingerprint density at radius 2 is 1.76 bits per heavy atom. The van der Waals surface area contributed by atoms with Crippen LogP contribution in [0.25, 0.3) is 22.4 Å². The fraction of sp³-hybridized carbons (Fsp3) is 0.156. The maximum Gasteiger partial charge on any atom is 0.404 e. The Kier molecular flexibility index (Phi) is 10.9. The third-order valence-electron chi connectivity index (χ3n) is 6.35. The minimum atomic E-state index is -1.23. The molecule has 4 aromatic rings. The molecular weight excluding hydrogens is 602 g/mol. The highest BCUT2D eigenvalue weighted by Crippen LogP contribution is 2.38. The highest BCUT2D eigenvalue weighted by atomic mass is 35.5. The average molecular weight is 630 g/mol. The summed E-state index contributed by atoms with van der Waals surface area (Å²) >= 11 is 6.24. The quantitative estimate of drug-likeness (QED) is 0.142. The van der Waals surface area contributed by atoms with Gasteiger partial charge in [0.15, 0.2) is 12.6 Å². The van der Waals surface area contributed by atoms with Crippen LogP contribution < -0.4 is 25.4 Å². The molecule has 0 saturated carbocycles. The van der Waals surface area contributed by atoms with E-state index in [1.807, 2.05) is 0 Å². The van der Waals surface area contributed by atoms with Crippen molar-refractivity contribution in [3.8, 4) is 40.0 Å². The predicted octanol–water partition coefficient (Wildman–Crippen LogP) is 5.78. The number of nitriles is 1. The number of halogens is 1. The number of rotatable bonds is 12. The van der Waals surface area contributed by atoms with Crippen LogP contribution in [0, 0.1) is 11.3 Å². The van der Waals surface area contributed by atoms with E-state index in [1.165, 1.54) is 14.2 Å². The van der Waals surface area contributed by atoms with Gasteiger partial charge in [-0.05, 0) is 66.2 Å². The molecule has 0 bridgehead atoms. The maximum atomic E-state index is 13.3. The van der Waals surface area contributed by atoms with Gasteiger partial charge in [-0.15, -0.1) is 0 Å². The Hall–Kier alpha value is -5.64. The Balaban J connectivity index is 1.80. The van der Waals surface area contributed by atoms with E-state index < -0.39 is 17.9 Å². The zero-order valence-corrected chi connectivity index (χ0v) is 25.0. The van der Waals surface area contributed by atoms with Crippen LogP contribution in [0.4, 0.5) is 16.3 Å². The first-order valence-corrected chi connectivity index (χ1v) is 13.8. The fourth-order valence-electron chi connectivity index (χ4n) is 4.26. The molecule has 0 unspecified atom stereocenters. The van der Waals surface area contributed by atoms with Gasteiger partial charge in [-0.1, -0.05) is 23.7 Å². The van der Waals surface area contributed by atoms with E-state index in [1.54, 1.807) is 72.8 Å². The number of carbonyl (C=O) groups is 3. The predicted molar refractivity (Wildman–Crippen MR) is 168 cm³/mol. The molecule has 4 N–H and O–H groups in total. The monoisotopic (exact) mass is 629 g/mol. The number of aromatic nitrogens is 1. The van der Waals surface area contributed by atoms with Crippen LogP contribution in [-0.4, -0.2) is 55.6 Å². The van der Waals surface area contributed by atoms with E-state index in [0.717, 1.165) is 0 Å². The second-order valence-corrected chi connectivity index (χ2v) is 9.81. The molecule has 45 heavy (non-hydrogen) atoms. The lowest BCUT2D eigenvalue weighted by atomic mass is 9.97. The van der Waals surface area contributed by atoms with Crippen LogP contribution in [0.5, 0.6) is 11.5 Å². The van der Waals surface area contributed by atoms with E-state index in [4.69, 9.17) is 30.9 Å². The molecule has 3 amide bonds. The fourth-order valence-corrected chi connectivity index (χ4v) is 4.42. The molecule has 0 spiro atoms. The number of carboxylic acid groups (broad SMARTS) is 1. The lowest BCUT2D eigenvalue weighted by Crippen LogP contribution is -2.25. The van der Waals surface area contributed by atoms with Crippen molar-refractivity contribution in [2.24, 2.45) is 0 Å². The van der Waals surface area contributed by atoms with Gasteiger partial charge in [0.05, 0.1) is 12.8 Å². The first-order valence-electron chi connectivity index (χ1n) is 13.4. The van der Waals surface area contributed by atoms with Gasteiger partial charge in [0, 0.05) is 47.5 Å². The number of benzene rings is 3. The smallest absolute Gasteiger partial charge is 0.404 e. The molecule has 0 fully saturated rings. The van der Waals surface area contributed by atoms with E-state index in [-0.39, 0.29) is 31.1 Å². The van der Waals surface area contributed by atoms with Crippen LogP contribution in [0.2, 0.25) is 5.02 Å². The number of pyridine rings is 1. The van der Waals surface area contributed by atoms with Crippen molar-refractivity contribution < 1.29 is 33.7 Å². The highest BCUT2D eigenvalue weighted by molar-refractivity contribution is 6.30. The maximum absolute atomic E-state index is 13.3. The van der Waals surface area contributed by atoms with Gasteiger partial charge in [0.25, 0.3) is 5.91 Å². The molecule has 0 radical (unpaired) electrons. The minimum Gasteiger partial charge on any atom is -0.497 e. The number of anilines is 2. The van der Waals surface area contributed by atoms with Crippen LogP contribution >= 0.6 is 11.6 Å². The number of methoxy groups -OCH3 is 2. The molecular formula is C32H28ClN5O7. The van der Waals surface area contributed by atoms with Crippen molar-refractivity contribution in [2.45, 2.75) is 6.42 Å². The molecule has 0 aliphatic heterocycles. The van der Waals surface area contributed by atoms with Gasteiger partial charge >= 0.3 is 6.09 Å². The topological polar surface area (TPSA) is 172 Å². The Bertz CT molecular complexity index is 1760. The van der Waals surface area contributed by atoms with E-state index in [2.05, 4.69) is 27.0 Å². The first-order chi connectivity index (χ1) is 21.7. The molecule has 12 nitrogen and oxygen atoms in total. The SMILES string of the molecule is COCOc1cc(Cl)ccc1-c1cc(-c2cccc(NC(=O)CCNC(=O)O)c2)c(C#N)c(NC(=O)c2ccc(OC)cc2)n1. The second kappa shape index (κ2) is 15.2. The molecule has 0 aliphatic rings. The van der Waals surface area contributed by atoms with Crippen molar-refractivity contribution in [3.05, 3.63) is 88.9 Å². The highest BCUT2D eigenvalue weighted by Gasteiger charge is 2.20. The van der Waals surface area contributed by atoms with Crippen LogP contribution in [0.1, 0.15) is 22.3 Å². The van der Waals surface area contributed by atoms with E-state index >= 15 is 0 Å². The summed E-state index contributed by atoms with van der Waals surface area (Å²) < 4.78 is 16.0. The molecule has 13 heteroatoms. The zero-order valence-electron chi connectivity index (χ0n) is 24.2. The third kappa shape index (κ3) is 8.47. The van der Waals surface area contributed by atoms with Crippen LogP contribution in [-0.2, 0) is 9.53 Å². The molecule has 0 aliphatic carbocycles. The zero-order chi connectivity index (χ0) is 32.3. The summed E-state index contributed by atoms with van der Waals surface area (Å²) in [5, 5.41) is 27.1. The summed E-state index contributed by atoms with van der Waals surface area (Å²) in [6.07, 6.45) is -1.31. The van der Waals surface area contributed by atoms with Gasteiger partial charge < -0.3 is 35.3 Å². The van der Waals surface area contributed by atoms with Crippen molar-refractivity contribution in [1.82, 2.24) is 10.3 Å². The summed E-state index contributed by atoms with van der Waals surface area (Å²) in [7, 11) is 2.99. The molecule has 1 aromatic heterocycles. The number of ether oxygens (including phenoxy) is 3. The van der Waals surface area contributed by atoms with Crippen molar-refractivity contribution in [3.63, 3.8) is 0 Å². The second-order valence-electron chi connectivity index (χ2n) is 9.38. The molecule has 0 atom stereocenters. The standard InChI is InChI=1S/C32H28ClN5O7/c1-43-18-45-28-15-21(33)8-11-24(28)27-16-25(20-4-3-5-22(14-20)36-29(39)12-13-35-32(41)42)26(17-34)30(37-27)38-31(40)19-6-9-23(44-2)10-7-19/h3-11,14-16,35H,12-13,18H2,1-2H3,(H,36,39)(H,41,42)(H,37,38,40). The Morgan fingerprint density at radius 3 is 2.44 bits per heavy atom. The lowest BCUT2D eigenvalue weighted by molar-refractivity contribution is -0.116. The van der Waals surface area contributed by atoms with E-state index in [9.17, 15) is 19.6 Å². The molecule has 230 valence electrons. The number of nitrogens with zero attached hydrogens (tertiary/aromatic N) is 2. The van der Waals surface area contributed by atoms with Crippen LogP contribution in [0.3, 0.4) is 0 Å². The number of hydrogen-bond donors (Lipinski definition) is 4. The summed E-state index contributed by atoms with van der Waals surface area (Å²) in [6, 6.07) is 21.9. The number of nitrogens with one attached hydrogen (secondary N) is 3. The lowest BCUT2D eigenvalue weighted by Gasteiger charge is -2.16. The van der Waals surface area contributed by atoms with Gasteiger partial charge in [0.1, 0.15) is 23.1 Å². The normalized spacial score (nSPS) is 10.4. The van der Waals surface area contributed by atoms with Crippen molar-refractivity contribution >= 4 is 41.0 Å². The minimum absolute atomic E-state index is 0.00681. The van der Waals surface area contributed by atoms with Gasteiger partial charge in [-0.25, -0.2) is 9.78 Å². The van der Waals surface area contributed by atoms with Crippen molar-refractivity contribution in [1.29, 1.82) is 5.26 Å². The van der Waals surface area contributed by atoms with Crippen molar-refractivity contribution in [2.75, 3.05) is 38.2 Å². The van der Waals surface area contributed by atoms with Gasteiger partial charge in [-0.3, -0.25) is 9.59 Å². The number of hydrogen-bond acceptors (Lipinski definition) is 8. The Morgan fingerprint density at radius 1 is 0.978 bits per heavy atom. The van der Waals surface area contributed by atoms with Gasteiger partial charge in [-0.2, -0.15) is 5.26 Å². The van der Waals surface area contributed by atoms with E-state index in [0.29, 0.717) is 50.2 Å². The summed E-state index contributed by atoms with van der Waals surface area (Å²) in [4.78, 5) is 41.0. The summed E-state index contributed by atoms with van der Waals surface area (Å²) in [6.45, 7) is -0.125. The van der Waals surface area contributed by atoms with Gasteiger partial charge in [0.2, 0.25) is 5.91 Å². The summed E-state index contributed by atoms with van der Waals surface area (Å²) in [5.41, 5.74) is 2.60. The molecule has 4 rings (SSSR count). The largest absolute Gasteiger partial charge is 0.497 e. The summed E-state index contributed by atoms with van der Waals surface area (Å²) in [5.74, 6) is 0.00440. The third-order valence-corrected chi connectivity index (χ3v) is 6.59. The molecule has 3 aromatic carbocycles. The molecule has 0 saturated heterocycles. The number of amides is 3. The average Bonchev–Trinajstić information content (AvgIpc) is 3.03. The Labute approximate surface area is 263 Å². The molecule has 1 heterocycles. The number of carbonyl (C=O) groups excluding carboxylic acids is 2. The van der Waals surface area contributed by atoms with Crippen LogP contribution in [0.15, 0.2) is 72.8 Å².